The SMILES string of the molecule is Cc1ccc(C(=O)N2CCN(c3ccc(F)cc3)CC2)c(Cl)c1. The molecule has 0 saturated carbocycles. The molecule has 1 saturated heterocycles. The molecule has 1 heterocycles. The molecule has 0 aliphatic carbocycles. The van der Waals surface area contributed by atoms with E-state index in [-0.39, 0.29) is 11.7 Å². The van der Waals surface area contributed by atoms with Crippen LogP contribution in [0.4, 0.5) is 10.1 Å². The maximum absolute atomic E-state index is 13.0. The largest absolute Gasteiger partial charge is 0.368 e. The molecule has 3 rings (SSSR count). The van der Waals surface area contributed by atoms with Crippen LogP contribution in [0.1, 0.15) is 15.9 Å². The summed E-state index contributed by atoms with van der Waals surface area (Å²) in [5.41, 5.74) is 2.56. The number of carbonyl (C=O) groups excluding carboxylic acids is 1. The lowest BCUT2D eigenvalue weighted by molar-refractivity contribution is 0.0747. The molecule has 120 valence electrons. The van der Waals surface area contributed by atoms with Crippen LogP contribution in [-0.2, 0) is 0 Å². The lowest BCUT2D eigenvalue weighted by atomic mass is 10.1. The Labute approximate surface area is 140 Å². The van der Waals surface area contributed by atoms with Crippen molar-refractivity contribution in [2.24, 2.45) is 0 Å². The molecule has 2 aromatic rings. The van der Waals surface area contributed by atoms with E-state index in [1.165, 1.54) is 12.1 Å². The molecule has 0 spiro atoms. The number of aryl methyl sites for hydroxylation is 1. The highest BCUT2D eigenvalue weighted by molar-refractivity contribution is 6.33. The molecule has 0 aromatic heterocycles. The average molecular weight is 333 g/mol. The monoisotopic (exact) mass is 332 g/mol. The number of rotatable bonds is 2. The summed E-state index contributed by atoms with van der Waals surface area (Å²) < 4.78 is 13.0. The van der Waals surface area contributed by atoms with Crippen molar-refractivity contribution in [2.75, 3.05) is 31.1 Å². The molecule has 0 atom stereocenters. The Bertz CT molecular complexity index is 709. The number of hydrogen-bond acceptors (Lipinski definition) is 2. The Hall–Kier alpha value is -2.07. The number of amides is 1. The zero-order valence-corrected chi connectivity index (χ0v) is 13.7. The van der Waals surface area contributed by atoms with Crippen LogP contribution in [0.15, 0.2) is 42.5 Å². The first-order chi connectivity index (χ1) is 11.0. The van der Waals surface area contributed by atoms with Crippen LogP contribution < -0.4 is 4.90 Å². The maximum atomic E-state index is 13.0. The molecule has 0 bridgehead atoms. The van der Waals surface area contributed by atoms with Crippen molar-refractivity contribution in [1.82, 2.24) is 4.90 Å². The first-order valence-corrected chi connectivity index (χ1v) is 7.98. The number of piperazine rings is 1. The van der Waals surface area contributed by atoms with Gasteiger partial charge in [0.25, 0.3) is 5.91 Å². The summed E-state index contributed by atoms with van der Waals surface area (Å²) >= 11 is 6.19. The summed E-state index contributed by atoms with van der Waals surface area (Å²) in [4.78, 5) is 16.6. The van der Waals surface area contributed by atoms with E-state index < -0.39 is 0 Å². The predicted octanol–water partition coefficient (Wildman–Crippen LogP) is 3.75. The van der Waals surface area contributed by atoms with Gasteiger partial charge in [-0.25, -0.2) is 4.39 Å². The normalized spacial score (nSPS) is 14.9. The summed E-state index contributed by atoms with van der Waals surface area (Å²) in [7, 11) is 0. The molecular weight excluding hydrogens is 315 g/mol. The van der Waals surface area contributed by atoms with Crippen LogP contribution >= 0.6 is 11.6 Å². The molecule has 0 radical (unpaired) electrons. The first kappa shape index (κ1) is 15.8. The topological polar surface area (TPSA) is 23.6 Å². The minimum Gasteiger partial charge on any atom is -0.368 e. The lowest BCUT2D eigenvalue weighted by Crippen LogP contribution is -2.48. The van der Waals surface area contributed by atoms with E-state index in [1.54, 1.807) is 18.2 Å². The van der Waals surface area contributed by atoms with Crippen LogP contribution in [0.3, 0.4) is 0 Å². The van der Waals surface area contributed by atoms with Crippen molar-refractivity contribution in [3.8, 4) is 0 Å². The van der Waals surface area contributed by atoms with Crippen LogP contribution in [0.25, 0.3) is 0 Å². The minimum absolute atomic E-state index is 0.0336. The third-order valence-corrected chi connectivity index (χ3v) is 4.43. The van der Waals surface area contributed by atoms with Crippen molar-refractivity contribution in [2.45, 2.75) is 6.92 Å². The van der Waals surface area contributed by atoms with Crippen molar-refractivity contribution in [3.05, 3.63) is 64.4 Å². The van der Waals surface area contributed by atoms with E-state index in [9.17, 15) is 9.18 Å². The molecule has 0 unspecified atom stereocenters. The molecule has 23 heavy (non-hydrogen) atoms. The summed E-state index contributed by atoms with van der Waals surface area (Å²) in [6.45, 7) is 4.64. The number of carbonyl (C=O) groups is 1. The highest BCUT2D eigenvalue weighted by Crippen LogP contribution is 2.22. The summed E-state index contributed by atoms with van der Waals surface area (Å²) in [5.74, 6) is -0.273. The number of halogens is 2. The Morgan fingerprint density at radius 1 is 1.04 bits per heavy atom. The zero-order chi connectivity index (χ0) is 16.4. The minimum atomic E-state index is -0.239. The number of hydrogen-bond donors (Lipinski definition) is 0. The molecule has 1 fully saturated rings. The second-order valence-electron chi connectivity index (χ2n) is 5.74. The number of nitrogens with zero attached hydrogens (tertiary/aromatic N) is 2. The third kappa shape index (κ3) is 3.48. The Kier molecular flexibility index (Phi) is 4.53. The van der Waals surface area contributed by atoms with Gasteiger partial charge in [0.1, 0.15) is 5.82 Å². The van der Waals surface area contributed by atoms with Crippen LogP contribution in [0.2, 0.25) is 5.02 Å². The van der Waals surface area contributed by atoms with E-state index in [0.717, 1.165) is 24.3 Å². The van der Waals surface area contributed by atoms with E-state index in [4.69, 9.17) is 11.6 Å². The zero-order valence-electron chi connectivity index (χ0n) is 12.9. The first-order valence-electron chi connectivity index (χ1n) is 7.60. The summed E-state index contributed by atoms with van der Waals surface area (Å²) in [5, 5.41) is 0.496. The fourth-order valence-electron chi connectivity index (χ4n) is 2.78. The predicted molar refractivity (Wildman–Crippen MR) is 90.7 cm³/mol. The Balaban J connectivity index is 1.66. The quantitative estimate of drug-likeness (QED) is 0.836. The average Bonchev–Trinajstić information content (AvgIpc) is 2.55. The van der Waals surface area contributed by atoms with Crippen molar-refractivity contribution in [1.29, 1.82) is 0 Å². The molecule has 1 aliphatic rings. The van der Waals surface area contributed by atoms with Gasteiger partial charge in [-0.1, -0.05) is 17.7 Å². The Morgan fingerprint density at radius 3 is 2.30 bits per heavy atom. The van der Waals surface area contributed by atoms with Crippen molar-refractivity contribution < 1.29 is 9.18 Å². The van der Waals surface area contributed by atoms with Gasteiger partial charge in [0.05, 0.1) is 10.6 Å². The van der Waals surface area contributed by atoms with E-state index in [1.807, 2.05) is 24.0 Å². The number of anilines is 1. The van der Waals surface area contributed by atoms with E-state index >= 15 is 0 Å². The van der Waals surface area contributed by atoms with Gasteiger partial charge in [-0.3, -0.25) is 4.79 Å². The van der Waals surface area contributed by atoms with Gasteiger partial charge >= 0.3 is 0 Å². The molecule has 1 aliphatic heterocycles. The van der Waals surface area contributed by atoms with Gasteiger partial charge in [0.2, 0.25) is 0 Å². The van der Waals surface area contributed by atoms with Gasteiger partial charge in [0, 0.05) is 31.9 Å². The van der Waals surface area contributed by atoms with Gasteiger partial charge in [-0.2, -0.15) is 0 Å². The third-order valence-electron chi connectivity index (χ3n) is 4.11. The smallest absolute Gasteiger partial charge is 0.255 e. The van der Waals surface area contributed by atoms with Gasteiger partial charge in [-0.05, 0) is 48.9 Å². The Morgan fingerprint density at radius 2 is 1.70 bits per heavy atom. The highest BCUT2D eigenvalue weighted by atomic mass is 35.5. The lowest BCUT2D eigenvalue weighted by Gasteiger charge is -2.36. The second kappa shape index (κ2) is 6.59. The highest BCUT2D eigenvalue weighted by Gasteiger charge is 2.23. The van der Waals surface area contributed by atoms with Crippen LogP contribution in [0.5, 0.6) is 0 Å². The molecule has 3 nitrogen and oxygen atoms in total. The standard InChI is InChI=1S/C18H18ClFN2O/c1-13-2-7-16(17(19)12-13)18(23)22-10-8-21(9-11-22)15-5-3-14(20)4-6-15/h2-7,12H,8-11H2,1H3. The molecular formula is C18H18ClFN2O. The second-order valence-corrected chi connectivity index (χ2v) is 6.15. The van der Waals surface area contributed by atoms with Gasteiger partial charge in [0.15, 0.2) is 0 Å². The maximum Gasteiger partial charge on any atom is 0.255 e. The van der Waals surface area contributed by atoms with Gasteiger partial charge in [-0.15, -0.1) is 0 Å². The van der Waals surface area contributed by atoms with E-state index in [2.05, 4.69) is 4.90 Å². The molecule has 5 heteroatoms. The van der Waals surface area contributed by atoms with Crippen molar-refractivity contribution in [3.63, 3.8) is 0 Å². The fraction of sp³-hybridized carbons (Fsp3) is 0.278. The molecule has 2 aromatic carbocycles. The summed E-state index contributed by atoms with van der Waals surface area (Å²) in [6, 6.07) is 11.9. The van der Waals surface area contributed by atoms with Crippen LogP contribution in [-0.4, -0.2) is 37.0 Å². The number of benzene rings is 2. The summed E-state index contributed by atoms with van der Waals surface area (Å²) in [6.07, 6.45) is 0. The van der Waals surface area contributed by atoms with Crippen LogP contribution in [0, 0.1) is 12.7 Å². The van der Waals surface area contributed by atoms with Gasteiger partial charge < -0.3 is 9.80 Å². The molecule has 1 amide bonds. The molecule has 0 N–H and O–H groups in total. The fourth-order valence-corrected chi connectivity index (χ4v) is 3.10. The van der Waals surface area contributed by atoms with Crippen molar-refractivity contribution >= 4 is 23.2 Å². The van der Waals surface area contributed by atoms with E-state index in [0.29, 0.717) is 23.7 Å².